The highest BCUT2D eigenvalue weighted by molar-refractivity contribution is 5.95. The Labute approximate surface area is 165 Å². The highest BCUT2D eigenvalue weighted by Gasteiger charge is 2.22. The van der Waals surface area contributed by atoms with Crippen molar-refractivity contribution in [3.05, 3.63) is 46.5 Å². The van der Waals surface area contributed by atoms with Crippen LogP contribution < -0.4 is 24.3 Å². The quantitative estimate of drug-likeness (QED) is 0.788. The molecule has 6 heteroatoms. The van der Waals surface area contributed by atoms with E-state index in [1.54, 1.807) is 26.4 Å². The molecule has 0 saturated heterocycles. The van der Waals surface area contributed by atoms with Crippen LogP contribution in [-0.2, 0) is 13.0 Å². The van der Waals surface area contributed by atoms with E-state index < -0.39 is 0 Å². The lowest BCUT2D eigenvalue weighted by molar-refractivity contribution is 0.0950. The molecule has 1 aliphatic rings. The molecule has 0 aliphatic carbocycles. The predicted molar refractivity (Wildman–Crippen MR) is 107 cm³/mol. The van der Waals surface area contributed by atoms with Crippen molar-refractivity contribution in [3.63, 3.8) is 0 Å². The fourth-order valence-corrected chi connectivity index (χ4v) is 3.40. The number of methoxy groups -OCH3 is 2. The van der Waals surface area contributed by atoms with Gasteiger partial charge in [0, 0.05) is 35.2 Å². The Morgan fingerprint density at radius 1 is 1.14 bits per heavy atom. The molecular formula is C22H27NO5. The van der Waals surface area contributed by atoms with Gasteiger partial charge in [-0.05, 0) is 45.0 Å². The average molecular weight is 385 g/mol. The number of nitrogens with one attached hydrogen (secondary N) is 1. The van der Waals surface area contributed by atoms with Crippen molar-refractivity contribution >= 4 is 5.91 Å². The van der Waals surface area contributed by atoms with Gasteiger partial charge in [-0.2, -0.15) is 0 Å². The van der Waals surface area contributed by atoms with Gasteiger partial charge < -0.3 is 24.3 Å². The van der Waals surface area contributed by atoms with Gasteiger partial charge in [-0.1, -0.05) is 0 Å². The maximum atomic E-state index is 12.7. The number of ether oxygens (including phenoxy) is 4. The normalized spacial score (nSPS) is 14.8. The van der Waals surface area contributed by atoms with Gasteiger partial charge in [-0.3, -0.25) is 4.79 Å². The molecule has 28 heavy (non-hydrogen) atoms. The monoisotopic (exact) mass is 385 g/mol. The molecule has 2 aromatic rings. The zero-order valence-corrected chi connectivity index (χ0v) is 17.0. The van der Waals surface area contributed by atoms with E-state index in [1.807, 2.05) is 32.9 Å². The Morgan fingerprint density at radius 2 is 1.82 bits per heavy atom. The van der Waals surface area contributed by atoms with Crippen molar-refractivity contribution in [2.24, 2.45) is 0 Å². The third-order valence-corrected chi connectivity index (χ3v) is 4.83. The smallest absolute Gasteiger partial charge is 0.251 e. The fourth-order valence-electron chi connectivity index (χ4n) is 3.40. The van der Waals surface area contributed by atoms with Crippen molar-refractivity contribution in [2.75, 3.05) is 20.8 Å². The molecule has 1 unspecified atom stereocenters. The summed E-state index contributed by atoms with van der Waals surface area (Å²) in [6.45, 7) is 6.76. The second-order valence-electron chi connectivity index (χ2n) is 6.82. The van der Waals surface area contributed by atoms with Crippen LogP contribution in [0.25, 0.3) is 0 Å². The molecule has 0 bridgehead atoms. The predicted octanol–water partition coefficient (Wildman–Crippen LogP) is 3.66. The lowest BCUT2D eigenvalue weighted by Crippen LogP contribution is -2.23. The minimum atomic E-state index is -0.214. The van der Waals surface area contributed by atoms with Crippen LogP contribution >= 0.6 is 0 Å². The largest absolute Gasteiger partial charge is 0.496 e. The number of amides is 1. The van der Waals surface area contributed by atoms with Crippen LogP contribution in [0.1, 0.15) is 40.9 Å². The maximum Gasteiger partial charge on any atom is 0.251 e. The van der Waals surface area contributed by atoms with E-state index in [0.29, 0.717) is 30.2 Å². The van der Waals surface area contributed by atoms with Gasteiger partial charge in [0.15, 0.2) is 0 Å². The average Bonchev–Trinajstić information content (AvgIpc) is 3.05. The Bertz CT molecular complexity index is 852. The topological polar surface area (TPSA) is 66.0 Å². The van der Waals surface area contributed by atoms with Crippen LogP contribution in [-0.4, -0.2) is 32.8 Å². The highest BCUT2D eigenvalue weighted by atomic mass is 16.5. The summed E-state index contributed by atoms with van der Waals surface area (Å²) in [4.78, 5) is 12.7. The zero-order valence-electron chi connectivity index (χ0n) is 17.0. The first kappa shape index (κ1) is 19.9. The summed E-state index contributed by atoms with van der Waals surface area (Å²) in [5.41, 5.74) is 3.35. The van der Waals surface area contributed by atoms with Gasteiger partial charge in [-0.15, -0.1) is 0 Å². The van der Waals surface area contributed by atoms with Crippen LogP contribution in [0.5, 0.6) is 23.0 Å². The number of rotatable bonds is 7. The minimum Gasteiger partial charge on any atom is -0.496 e. The Kier molecular flexibility index (Phi) is 5.97. The Morgan fingerprint density at radius 3 is 2.43 bits per heavy atom. The number of hydrogen-bond donors (Lipinski definition) is 1. The van der Waals surface area contributed by atoms with Crippen molar-refractivity contribution in [3.8, 4) is 23.0 Å². The van der Waals surface area contributed by atoms with E-state index in [4.69, 9.17) is 18.9 Å². The van der Waals surface area contributed by atoms with Crippen molar-refractivity contribution in [2.45, 2.75) is 39.8 Å². The standard InChI is InChI=1S/C22H27NO5/c1-6-27-20-8-15-7-13(2)28-21(15)11-17(20)12-23-22(24)16-9-18(25-4)14(3)19(10-16)26-5/h8-11,13H,6-7,12H2,1-5H3,(H,23,24). The number of benzene rings is 2. The molecule has 1 N–H and O–H groups in total. The summed E-state index contributed by atoms with van der Waals surface area (Å²) in [5.74, 6) is 2.64. The molecule has 0 aromatic heterocycles. The second-order valence-corrected chi connectivity index (χ2v) is 6.82. The van der Waals surface area contributed by atoms with Gasteiger partial charge in [0.25, 0.3) is 5.91 Å². The minimum absolute atomic E-state index is 0.154. The number of fused-ring (bicyclic) bond motifs is 1. The lowest BCUT2D eigenvalue weighted by Gasteiger charge is -2.15. The molecule has 0 radical (unpaired) electrons. The molecule has 2 aromatic carbocycles. The van der Waals surface area contributed by atoms with E-state index in [2.05, 4.69) is 5.32 Å². The number of carbonyl (C=O) groups is 1. The molecule has 0 fully saturated rings. The second kappa shape index (κ2) is 8.42. The van der Waals surface area contributed by atoms with Crippen LogP contribution in [0, 0.1) is 6.92 Å². The summed E-state index contributed by atoms with van der Waals surface area (Å²) in [5, 5.41) is 2.95. The van der Waals surface area contributed by atoms with E-state index >= 15 is 0 Å². The van der Waals surface area contributed by atoms with Crippen molar-refractivity contribution < 1.29 is 23.7 Å². The summed E-state index contributed by atoms with van der Waals surface area (Å²) >= 11 is 0. The van der Waals surface area contributed by atoms with Gasteiger partial charge in [0.05, 0.1) is 20.8 Å². The summed E-state index contributed by atoms with van der Waals surface area (Å²) in [6, 6.07) is 7.40. The van der Waals surface area contributed by atoms with E-state index in [1.165, 1.54) is 0 Å². The first-order valence-corrected chi connectivity index (χ1v) is 9.42. The first-order chi connectivity index (χ1) is 13.5. The Hall–Kier alpha value is -2.89. The SMILES string of the molecule is CCOc1cc2c(cc1CNC(=O)c1cc(OC)c(C)c(OC)c1)OC(C)C2. The van der Waals surface area contributed by atoms with E-state index in [-0.39, 0.29) is 12.0 Å². The highest BCUT2D eigenvalue weighted by Crippen LogP contribution is 2.35. The van der Waals surface area contributed by atoms with Gasteiger partial charge in [0.1, 0.15) is 29.1 Å². The van der Waals surface area contributed by atoms with E-state index in [0.717, 1.165) is 34.6 Å². The number of hydrogen-bond acceptors (Lipinski definition) is 5. The summed E-state index contributed by atoms with van der Waals surface area (Å²) < 4.78 is 22.3. The molecule has 6 nitrogen and oxygen atoms in total. The molecular weight excluding hydrogens is 358 g/mol. The van der Waals surface area contributed by atoms with Crippen molar-refractivity contribution in [1.29, 1.82) is 0 Å². The molecule has 0 spiro atoms. The molecule has 3 rings (SSSR count). The molecule has 150 valence electrons. The molecule has 0 saturated carbocycles. The third kappa shape index (κ3) is 4.01. The summed E-state index contributed by atoms with van der Waals surface area (Å²) in [7, 11) is 3.15. The fraction of sp³-hybridized carbons (Fsp3) is 0.409. The lowest BCUT2D eigenvalue weighted by atomic mass is 10.1. The molecule has 1 aliphatic heterocycles. The number of carbonyl (C=O) groups excluding carboxylic acids is 1. The summed E-state index contributed by atoms with van der Waals surface area (Å²) in [6.07, 6.45) is 1.02. The molecule has 1 heterocycles. The third-order valence-electron chi connectivity index (χ3n) is 4.83. The van der Waals surface area contributed by atoms with Crippen LogP contribution in [0.4, 0.5) is 0 Å². The van der Waals surface area contributed by atoms with Gasteiger partial charge in [-0.25, -0.2) is 0 Å². The van der Waals surface area contributed by atoms with Crippen LogP contribution in [0.15, 0.2) is 24.3 Å². The molecule has 1 amide bonds. The van der Waals surface area contributed by atoms with Crippen LogP contribution in [0.2, 0.25) is 0 Å². The van der Waals surface area contributed by atoms with E-state index in [9.17, 15) is 4.79 Å². The Balaban J connectivity index is 1.80. The zero-order chi connectivity index (χ0) is 20.3. The molecule has 1 atom stereocenters. The van der Waals surface area contributed by atoms with Crippen molar-refractivity contribution in [1.82, 2.24) is 5.32 Å². The van der Waals surface area contributed by atoms with Gasteiger partial charge in [0.2, 0.25) is 0 Å². The maximum absolute atomic E-state index is 12.7. The first-order valence-electron chi connectivity index (χ1n) is 9.42. The van der Waals surface area contributed by atoms with Crippen LogP contribution in [0.3, 0.4) is 0 Å². The van der Waals surface area contributed by atoms with Gasteiger partial charge >= 0.3 is 0 Å².